The molecule has 5 heteroatoms. The fourth-order valence-electron chi connectivity index (χ4n) is 1.98. The van der Waals surface area contributed by atoms with Crippen LogP contribution in [0.1, 0.15) is 32.6 Å². The van der Waals surface area contributed by atoms with Gasteiger partial charge in [0.2, 0.25) is 5.91 Å². The predicted octanol–water partition coefficient (Wildman–Crippen LogP) is 0.280. The lowest BCUT2D eigenvalue weighted by Crippen LogP contribution is -2.34. The largest absolute Gasteiger partial charge is 0.396 e. The minimum absolute atomic E-state index is 0.0359. The molecule has 1 atom stereocenters. The fourth-order valence-corrected chi connectivity index (χ4v) is 1.98. The molecular formula is C13H26N2O3. The van der Waals surface area contributed by atoms with Crippen LogP contribution in [0.25, 0.3) is 0 Å². The summed E-state index contributed by atoms with van der Waals surface area (Å²) in [6, 6.07) is 0. The normalized spacial score (nSPS) is 18.6. The van der Waals surface area contributed by atoms with Crippen LogP contribution >= 0.6 is 0 Å². The first-order chi connectivity index (χ1) is 8.72. The molecule has 0 aromatic carbocycles. The Hall–Kier alpha value is -0.650. The Morgan fingerprint density at radius 3 is 2.89 bits per heavy atom. The number of piperidine rings is 1. The molecule has 0 aromatic rings. The van der Waals surface area contributed by atoms with E-state index in [1.165, 1.54) is 0 Å². The number of hydrogen-bond acceptors (Lipinski definition) is 4. The van der Waals surface area contributed by atoms with Crippen LogP contribution in [0.2, 0.25) is 0 Å². The minimum atomic E-state index is 0.0359. The zero-order valence-electron chi connectivity index (χ0n) is 11.3. The van der Waals surface area contributed by atoms with Crippen LogP contribution in [0.15, 0.2) is 0 Å². The predicted molar refractivity (Wildman–Crippen MR) is 70.3 cm³/mol. The second-order valence-electron chi connectivity index (χ2n) is 4.99. The monoisotopic (exact) mass is 258 g/mol. The van der Waals surface area contributed by atoms with E-state index in [2.05, 4.69) is 10.6 Å². The molecule has 1 amide bonds. The molecule has 1 fully saturated rings. The smallest absolute Gasteiger partial charge is 0.222 e. The molecule has 1 aliphatic rings. The molecule has 0 aliphatic carbocycles. The van der Waals surface area contributed by atoms with Gasteiger partial charge in [-0.15, -0.1) is 0 Å². The Morgan fingerprint density at radius 2 is 2.22 bits per heavy atom. The van der Waals surface area contributed by atoms with Gasteiger partial charge in [-0.2, -0.15) is 0 Å². The van der Waals surface area contributed by atoms with Gasteiger partial charge in [0.25, 0.3) is 0 Å². The number of amides is 1. The Kier molecular flexibility index (Phi) is 7.96. The van der Waals surface area contributed by atoms with E-state index in [0.29, 0.717) is 31.6 Å². The number of nitrogens with one attached hydrogen (secondary N) is 2. The van der Waals surface area contributed by atoms with Crippen molar-refractivity contribution in [1.82, 2.24) is 10.6 Å². The Morgan fingerprint density at radius 1 is 1.50 bits per heavy atom. The van der Waals surface area contributed by atoms with Crippen molar-refractivity contribution in [3.8, 4) is 0 Å². The van der Waals surface area contributed by atoms with Crippen molar-refractivity contribution in [2.75, 3.05) is 32.8 Å². The van der Waals surface area contributed by atoms with Crippen molar-refractivity contribution in [1.29, 1.82) is 0 Å². The molecule has 0 saturated carbocycles. The number of hydrogen-bond donors (Lipinski definition) is 3. The van der Waals surface area contributed by atoms with Gasteiger partial charge in [0.15, 0.2) is 0 Å². The van der Waals surface area contributed by atoms with Crippen molar-refractivity contribution in [2.45, 2.75) is 38.7 Å². The zero-order chi connectivity index (χ0) is 13.2. The molecule has 0 aromatic heterocycles. The molecule has 0 bridgehead atoms. The number of carbonyl (C=O) groups excluding carboxylic acids is 1. The third-order valence-electron chi connectivity index (χ3n) is 3.24. The van der Waals surface area contributed by atoms with Crippen molar-refractivity contribution in [3.63, 3.8) is 0 Å². The van der Waals surface area contributed by atoms with E-state index >= 15 is 0 Å². The number of ether oxygens (including phenoxy) is 1. The summed E-state index contributed by atoms with van der Waals surface area (Å²) in [5.74, 6) is 0.359. The second kappa shape index (κ2) is 9.30. The molecule has 0 radical (unpaired) electrons. The third-order valence-corrected chi connectivity index (χ3v) is 3.24. The highest BCUT2D eigenvalue weighted by Crippen LogP contribution is 2.07. The van der Waals surface area contributed by atoms with Gasteiger partial charge in [-0.25, -0.2) is 0 Å². The summed E-state index contributed by atoms with van der Waals surface area (Å²) in [6.07, 6.45) is 3.54. The van der Waals surface area contributed by atoms with Gasteiger partial charge in [-0.1, -0.05) is 6.92 Å². The van der Waals surface area contributed by atoms with E-state index in [0.717, 1.165) is 32.4 Å². The Bertz CT molecular complexity index is 230. The highest BCUT2D eigenvalue weighted by atomic mass is 16.5. The maximum Gasteiger partial charge on any atom is 0.222 e. The lowest BCUT2D eigenvalue weighted by atomic mass is 10.1. The summed E-state index contributed by atoms with van der Waals surface area (Å²) in [7, 11) is 0. The maximum atomic E-state index is 11.5. The van der Waals surface area contributed by atoms with Gasteiger partial charge in [-0.3, -0.25) is 4.79 Å². The average molecular weight is 258 g/mol. The Balaban J connectivity index is 1.99. The molecule has 1 heterocycles. The fraction of sp³-hybridized carbons (Fsp3) is 0.923. The Labute approximate surface area is 109 Å². The quantitative estimate of drug-likeness (QED) is 0.585. The van der Waals surface area contributed by atoms with E-state index in [4.69, 9.17) is 9.84 Å². The summed E-state index contributed by atoms with van der Waals surface area (Å²) in [6.45, 7) is 5.35. The molecule has 3 N–H and O–H groups in total. The van der Waals surface area contributed by atoms with Crippen LogP contribution in [0.3, 0.4) is 0 Å². The van der Waals surface area contributed by atoms with Crippen LogP contribution < -0.4 is 10.6 Å². The lowest BCUT2D eigenvalue weighted by molar-refractivity contribution is -0.122. The van der Waals surface area contributed by atoms with Crippen LogP contribution in [-0.2, 0) is 9.53 Å². The van der Waals surface area contributed by atoms with Gasteiger partial charge < -0.3 is 20.5 Å². The first-order valence-electron chi connectivity index (χ1n) is 6.92. The van der Waals surface area contributed by atoms with Gasteiger partial charge in [0.1, 0.15) is 0 Å². The topological polar surface area (TPSA) is 70.6 Å². The van der Waals surface area contributed by atoms with E-state index in [-0.39, 0.29) is 12.5 Å². The van der Waals surface area contributed by atoms with Gasteiger partial charge in [0.05, 0.1) is 12.7 Å². The van der Waals surface area contributed by atoms with Crippen molar-refractivity contribution < 1.29 is 14.6 Å². The summed E-state index contributed by atoms with van der Waals surface area (Å²) < 4.78 is 5.67. The van der Waals surface area contributed by atoms with E-state index < -0.39 is 0 Å². The molecule has 1 saturated heterocycles. The molecule has 18 heavy (non-hydrogen) atoms. The number of aliphatic hydroxyl groups is 1. The third kappa shape index (κ3) is 6.93. The molecule has 0 spiro atoms. The molecule has 1 rings (SSSR count). The van der Waals surface area contributed by atoms with E-state index in [1.54, 1.807) is 0 Å². The highest BCUT2D eigenvalue weighted by Gasteiger charge is 2.13. The summed E-state index contributed by atoms with van der Waals surface area (Å²) >= 11 is 0. The number of carbonyl (C=O) groups is 1. The summed E-state index contributed by atoms with van der Waals surface area (Å²) in [5.41, 5.74) is 0. The summed E-state index contributed by atoms with van der Waals surface area (Å²) in [4.78, 5) is 11.5. The van der Waals surface area contributed by atoms with Gasteiger partial charge in [0, 0.05) is 19.6 Å². The number of rotatable bonds is 8. The minimum Gasteiger partial charge on any atom is -0.396 e. The molecule has 1 unspecified atom stereocenters. The molecule has 106 valence electrons. The van der Waals surface area contributed by atoms with Crippen molar-refractivity contribution in [3.05, 3.63) is 0 Å². The van der Waals surface area contributed by atoms with E-state index in [9.17, 15) is 4.79 Å². The van der Waals surface area contributed by atoms with Crippen LogP contribution in [0.5, 0.6) is 0 Å². The molecule has 1 aliphatic heterocycles. The lowest BCUT2D eigenvalue weighted by Gasteiger charge is -2.22. The van der Waals surface area contributed by atoms with Crippen LogP contribution in [-0.4, -0.2) is 50.0 Å². The highest BCUT2D eigenvalue weighted by molar-refractivity contribution is 5.75. The van der Waals surface area contributed by atoms with Crippen LogP contribution in [0.4, 0.5) is 0 Å². The van der Waals surface area contributed by atoms with Crippen molar-refractivity contribution in [2.24, 2.45) is 5.92 Å². The van der Waals surface area contributed by atoms with Gasteiger partial charge >= 0.3 is 0 Å². The number of aliphatic hydroxyl groups excluding tert-OH is 1. The summed E-state index contributed by atoms with van der Waals surface area (Å²) in [5, 5.41) is 14.9. The van der Waals surface area contributed by atoms with Crippen LogP contribution in [0, 0.1) is 5.92 Å². The SMILES string of the molecule is CC(CCO)CNC(=O)CCOC1CCNCC1. The second-order valence-corrected chi connectivity index (χ2v) is 4.99. The van der Waals surface area contributed by atoms with Gasteiger partial charge in [-0.05, 0) is 38.3 Å². The molecule has 5 nitrogen and oxygen atoms in total. The standard InChI is InChI=1S/C13H26N2O3/c1-11(4-8-16)10-15-13(17)5-9-18-12-2-6-14-7-3-12/h11-12,14,16H,2-10H2,1H3,(H,15,17). The van der Waals surface area contributed by atoms with Crippen molar-refractivity contribution >= 4 is 5.91 Å². The molecular weight excluding hydrogens is 232 g/mol. The maximum absolute atomic E-state index is 11.5. The first kappa shape index (κ1) is 15.4. The average Bonchev–Trinajstić information content (AvgIpc) is 2.38. The first-order valence-corrected chi connectivity index (χ1v) is 6.92. The van der Waals surface area contributed by atoms with E-state index in [1.807, 2.05) is 6.92 Å². The zero-order valence-corrected chi connectivity index (χ0v) is 11.3.